The Morgan fingerprint density at radius 2 is 1.80 bits per heavy atom. The van der Waals surface area contributed by atoms with Gasteiger partial charge in [-0.1, -0.05) is 29.8 Å². The van der Waals surface area contributed by atoms with Gasteiger partial charge in [-0.25, -0.2) is 4.79 Å². The van der Waals surface area contributed by atoms with Crippen molar-refractivity contribution in [2.75, 3.05) is 27.4 Å². The van der Waals surface area contributed by atoms with Crippen LogP contribution in [0.5, 0.6) is 11.5 Å². The maximum absolute atomic E-state index is 13.6. The lowest BCUT2D eigenvalue weighted by Crippen LogP contribution is -2.36. The second kappa shape index (κ2) is 10.5. The predicted octanol–water partition coefficient (Wildman–Crippen LogP) is 4.61. The third kappa shape index (κ3) is 5.06. The SMILES string of the molecule is COCCOC(=O)C1=C(C)NC2=C(C(=O)C[C@@H](c3ccc(Cl)cc3)C2)[C@H]1c1ccc(O)c(OC)c1. The van der Waals surface area contributed by atoms with Crippen LogP contribution < -0.4 is 10.1 Å². The molecule has 2 aromatic rings. The van der Waals surface area contributed by atoms with E-state index in [1.807, 2.05) is 24.3 Å². The Hall–Kier alpha value is -3.29. The Morgan fingerprint density at radius 1 is 1.09 bits per heavy atom. The number of rotatable bonds is 7. The number of nitrogens with one attached hydrogen (secondary N) is 1. The summed E-state index contributed by atoms with van der Waals surface area (Å²) in [5, 5.41) is 14.1. The number of ketones is 1. The fraction of sp³-hybridized carbons (Fsp3) is 0.333. The molecule has 0 bridgehead atoms. The van der Waals surface area contributed by atoms with Gasteiger partial charge in [0.2, 0.25) is 0 Å². The highest BCUT2D eigenvalue weighted by molar-refractivity contribution is 6.30. The van der Waals surface area contributed by atoms with Crippen LogP contribution in [-0.4, -0.2) is 44.3 Å². The number of phenols is 1. The van der Waals surface area contributed by atoms with E-state index in [-0.39, 0.29) is 36.4 Å². The Morgan fingerprint density at radius 3 is 2.49 bits per heavy atom. The average molecular weight is 498 g/mol. The zero-order chi connectivity index (χ0) is 25.1. The van der Waals surface area contributed by atoms with Crippen LogP contribution >= 0.6 is 11.6 Å². The van der Waals surface area contributed by atoms with Crippen LogP contribution in [0.4, 0.5) is 0 Å². The van der Waals surface area contributed by atoms with Crippen LogP contribution in [0.2, 0.25) is 5.02 Å². The first-order chi connectivity index (χ1) is 16.8. The highest BCUT2D eigenvalue weighted by atomic mass is 35.5. The molecule has 0 fully saturated rings. The van der Waals surface area contributed by atoms with E-state index >= 15 is 0 Å². The van der Waals surface area contributed by atoms with E-state index in [4.69, 9.17) is 25.8 Å². The number of benzene rings is 2. The number of esters is 1. The highest BCUT2D eigenvalue weighted by Gasteiger charge is 2.41. The van der Waals surface area contributed by atoms with E-state index < -0.39 is 11.9 Å². The van der Waals surface area contributed by atoms with Crippen molar-refractivity contribution in [3.8, 4) is 11.5 Å². The second-order valence-electron chi connectivity index (χ2n) is 8.63. The lowest BCUT2D eigenvalue weighted by molar-refractivity contribution is -0.140. The number of hydrogen-bond donors (Lipinski definition) is 2. The Bertz CT molecular complexity index is 1200. The van der Waals surface area contributed by atoms with Crippen LogP contribution in [0.1, 0.15) is 42.7 Å². The minimum Gasteiger partial charge on any atom is -0.504 e. The molecule has 0 saturated heterocycles. The van der Waals surface area contributed by atoms with E-state index in [0.717, 1.165) is 11.3 Å². The minimum absolute atomic E-state index is 0.0102. The third-order valence-electron chi connectivity index (χ3n) is 6.45. The van der Waals surface area contributed by atoms with E-state index in [2.05, 4.69) is 5.32 Å². The van der Waals surface area contributed by atoms with Crippen molar-refractivity contribution in [1.29, 1.82) is 0 Å². The molecule has 7 nitrogen and oxygen atoms in total. The van der Waals surface area contributed by atoms with Crippen molar-refractivity contribution in [2.45, 2.75) is 31.6 Å². The molecule has 2 atom stereocenters. The Labute approximate surface area is 209 Å². The molecule has 2 N–H and O–H groups in total. The first-order valence-corrected chi connectivity index (χ1v) is 11.7. The number of dihydropyridines is 1. The summed E-state index contributed by atoms with van der Waals surface area (Å²) in [4.78, 5) is 26.8. The lowest BCUT2D eigenvalue weighted by atomic mass is 9.71. The summed E-state index contributed by atoms with van der Waals surface area (Å²) in [5.74, 6) is -1.01. The maximum atomic E-state index is 13.6. The summed E-state index contributed by atoms with van der Waals surface area (Å²) in [6, 6.07) is 12.4. The Kier molecular flexibility index (Phi) is 7.48. The molecular weight excluding hydrogens is 470 g/mol. The average Bonchev–Trinajstić information content (AvgIpc) is 2.84. The molecule has 2 aromatic carbocycles. The Balaban J connectivity index is 1.77. The molecular formula is C27H28ClNO6. The lowest BCUT2D eigenvalue weighted by Gasteiger charge is -2.36. The fourth-order valence-electron chi connectivity index (χ4n) is 4.78. The van der Waals surface area contributed by atoms with Gasteiger partial charge in [-0.15, -0.1) is 0 Å². The third-order valence-corrected chi connectivity index (χ3v) is 6.70. The molecule has 1 aliphatic heterocycles. The number of halogens is 1. The van der Waals surface area contributed by atoms with Crippen LogP contribution in [0.25, 0.3) is 0 Å². The van der Waals surface area contributed by atoms with Gasteiger partial charge >= 0.3 is 5.97 Å². The molecule has 0 saturated carbocycles. The van der Waals surface area contributed by atoms with Crippen molar-refractivity contribution >= 4 is 23.4 Å². The summed E-state index contributed by atoms with van der Waals surface area (Å²) in [7, 11) is 2.98. The number of Topliss-reactive ketones (excluding diaryl/α,β-unsaturated/α-hetero) is 1. The van der Waals surface area contributed by atoms with Crippen LogP contribution in [-0.2, 0) is 19.1 Å². The number of methoxy groups -OCH3 is 2. The summed E-state index contributed by atoms with van der Waals surface area (Å²) in [5.41, 5.74) is 3.98. The molecule has 184 valence electrons. The molecule has 0 unspecified atom stereocenters. The van der Waals surface area contributed by atoms with E-state index in [0.29, 0.717) is 40.3 Å². The molecule has 1 aliphatic carbocycles. The summed E-state index contributed by atoms with van der Waals surface area (Å²) >= 11 is 6.05. The number of carbonyl (C=O) groups is 2. The van der Waals surface area contributed by atoms with Gasteiger partial charge in [0, 0.05) is 41.4 Å². The molecule has 0 spiro atoms. The molecule has 1 heterocycles. The van der Waals surface area contributed by atoms with Crippen LogP contribution in [0.3, 0.4) is 0 Å². The van der Waals surface area contributed by atoms with Gasteiger partial charge in [0.05, 0.1) is 19.3 Å². The van der Waals surface area contributed by atoms with Gasteiger partial charge in [-0.3, -0.25) is 4.79 Å². The second-order valence-corrected chi connectivity index (χ2v) is 9.07. The van der Waals surface area contributed by atoms with Gasteiger partial charge in [0.25, 0.3) is 0 Å². The zero-order valence-electron chi connectivity index (χ0n) is 19.9. The molecule has 35 heavy (non-hydrogen) atoms. The van der Waals surface area contributed by atoms with Crippen LogP contribution in [0, 0.1) is 0 Å². The number of carbonyl (C=O) groups excluding carboxylic acids is 2. The number of allylic oxidation sites excluding steroid dienone is 3. The van der Waals surface area contributed by atoms with Crippen molar-refractivity contribution in [3.63, 3.8) is 0 Å². The van der Waals surface area contributed by atoms with Gasteiger partial charge < -0.3 is 24.6 Å². The molecule has 0 aromatic heterocycles. The van der Waals surface area contributed by atoms with E-state index in [1.165, 1.54) is 20.3 Å². The van der Waals surface area contributed by atoms with Crippen molar-refractivity contribution in [2.24, 2.45) is 0 Å². The molecule has 8 heteroatoms. The molecule has 4 rings (SSSR count). The standard InChI is InChI=1S/C27H28ClNO6/c1-15-24(27(32)35-11-10-33-2)25(17-6-9-21(30)23(14-17)34-3)26-20(29-15)12-18(13-22(26)31)16-4-7-19(28)8-5-16/h4-9,14,18,25,29-30H,10-13H2,1-3H3/t18-,25-/m0/s1. The number of phenolic OH excluding ortho intramolecular Hbond substituents is 1. The predicted molar refractivity (Wildman–Crippen MR) is 132 cm³/mol. The summed E-state index contributed by atoms with van der Waals surface area (Å²) in [6.45, 7) is 2.16. The van der Waals surface area contributed by atoms with E-state index in [9.17, 15) is 14.7 Å². The topological polar surface area (TPSA) is 94.1 Å². The summed E-state index contributed by atoms with van der Waals surface area (Å²) in [6.07, 6.45) is 0.913. The van der Waals surface area contributed by atoms with Crippen molar-refractivity contribution < 1.29 is 28.9 Å². The molecule has 0 radical (unpaired) electrons. The fourth-order valence-corrected chi connectivity index (χ4v) is 4.91. The smallest absolute Gasteiger partial charge is 0.336 e. The largest absolute Gasteiger partial charge is 0.504 e. The number of aromatic hydroxyl groups is 1. The van der Waals surface area contributed by atoms with E-state index in [1.54, 1.807) is 19.1 Å². The van der Waals surface area contributed by atoms with Crippen molar-refractivity contribution in [3.05, 3.63) is 81.2 Å². The van der Waals surface area contributed by atoms with Gasteiger partial charge in [-0.2, -0.15) is 0 Å². The number of ether oxygens (including phenoxy) is 3. The highest BCUT2D eigenvalue weighted by Crippen LogP contribution is 2.47. The maximum Gasteiger partial charge on any atom is 0.336 e. The minimum atomic E-state index is -0.658. The number of hydrogen-bond acceptors (Lipinski definition) is 7. The summed E-state index contributed by atoms with van der Waals surface area (Å²) < 4.78 is 15.8. The van der Waals surface area contributed by atoms with Gasteiger partial charge in [0.15, 0.2) is 17.3 Å². The van der Waals surface area contributed by atoms with Gasteiger partial charge in [-0.05, 0) is 54.7 Å². The quantitative estimate of drug-likeness (QED) is 0.426. The molecule has 2 aliphatic rings. The molecule has 0 amide bonds. The van der Waals surface area contributed by atoms with Crippen molar-refractivity contribution in [1.82, 2.24) is 5.32 Å². The zero-order valence-corrected chi connectivity index (χ0v) is 20.6. The monoisotopic (exact) mass is 497 g/mol. The van der Waals surface area contributed by atoms with Crippen LogP contribution in [0.15, 0.2) is 65.0 Å². The first-order valence-electron chi connectivity index (χ1n) is 11.4. The van der Waals surface area contributed by atoms with Gasteiger partial charge in [0.1, 0.15) is 6.61 Å². The normalized spacial score (nSPS) is 19.8. The first kappa shape index (κ1) is 24.8.